The summed E-state index contributed by atoms with van der Waals surface area (Å²) in [6.45, 7) is 5.38. The molecule has 2 rings (SSSR count). The number of hydrogen-bond donors (Lipinski definition) is 1. The Bertz CT molecular complexity index is 642. The molecule has 0 fully saturated rings. The predicted molar refractivity (Wildman–Crippen MR) is 95.0 cm³/mol. The number of rotatable bonds is 9. The summed E-state index contributed by atoms with van der Waals surface area (Å²) in [7, 11) is 1.65. The van der Waals surface area contributed by atoms with E-state index < -0.39 is 0 Å². The summed E-state index contributed by atoms with van der Waals surface area (Å²) in [6, 6.07) is 8.32. The maximum Gasteiger partial charge on any atom is 0.230 e. The minimum atomic E-state index is -0.0200. The number of aromatic nitrogens is 3. The quantitative estimate of drug-likeness (QED) is 0.705. The van der Waals surface area contributed by atoms with E-state index in [1.807, 2.05) is 11.5 Å². The number of carbonyl (C=O) groups excluding carboxylic acids is 1. The van der Waals surface area contributed by atoms with Crippen molar-refractivity contribution in [1.29, 1.82) is 0 Å². The van der Waals surface area contributed by atoms with Gasteiger partial charge in [0.25, 0.3) is 0 Å². The molecule has 1 heterocycles. The Labute approximate surface area is 147 Å². The van der Waals surface area contributed by atoms with Gasteiger partial charge in [0.2, 0.25) is 5.91 Å². The number of ether oxygens (including phenoxy) is 1. The van der Waals surface area contributed by atoms with Crippen LogP contribution in [0.4, 0.5) is 0 Å². The Morgan fingerprint density at radius 1 is 1.38 bits per heavy atom. The van der Waals surface area contributed by atoms with Gasteiger partial charge in [-0.1, -0.05) is 43.0 Å². The number of methoxy groups -OCH3 is 1. The van der Waals surface area contributed by atoms with E-state index >= 15 is 0 Å². The van der Waals surface area contributed by atoms with Crippen molar-refractivity contribution in [3.63, 3.8) is 0 Å². The SMILES string of the molecule is CCc1ccc([C@@H](C)NC(=O)CSc2nncn2CCOC)cc1. The second-order valence-corrected chi connectivity index (χ2v) is 6.42. The second kappa shape index (κ2) is 9.44. The highest BCUT2D eigenvalue weighted by molar-refractivity contribution is 7.99. The number of nitrogens with one attached hydrogen (secondary N) is 1. The Morgan fingerprint density at radius 2 is 2.12 bits per heavy atom. The average Bonchev–Trinajstić information content (AvgIpc) is 3.05. The van der Waals surface area contributed by atoms with E-state index in [1.54, 1.807) is 13.4 Å². The first-order valence-electron chi connectivity index (χ1n) is 8.01. The molecule has 1 aromatic heterocycles. The van der Waals surface area contributed by atoms with Crippen LogP contribution in [0.1, 0.15) is 31.0 Å². The van der Waals surface area contributed by atoms with Gasteiger partial charge in [-0.05, 0) is 24.5 Å². The maximum atomic E-state index is 12.2. The standard InChI is InChI=1S/C17H24N4O2S/c1-4-14-5-7-15(8-6-14)13(2)19-16(22)11-24-17-20-18-12-21(17)9-10-23-3/h5-8,12-13H,4,9-11H2,1-3H3,(H,19,22)/t13-/m1/s1. The van der Waals surface area contributed by atoms with E-state index in [0.717, 1.165) is 17.1 Å². The molecule has 6 nitrogen and oxygen atoms in total. The Balaban J connectivity index is 1.83. The van der Waals surface area contributed by atoms with Gasteiger partial charge in [0, 0.05) is 13.7 Å². The van der Waals surface area contributed by atoms with Crippen molar-refractivity contribution >= 4 is 17.7 Å². The normalized spacial score (nSPS) is 12.1. The van der Waals surface area contributed by atoms with Gasteiger partial charge >= 0.3 is 0 Å². The van der Waals surface area contributed by atoms with Crippen molar-refractivity contribution in [3.05, 3.63) is 41.7 Å². The topological polar surface area (TPSA) is 69.0 Å². The Hall–Kier alpha value is -1.86. The number of hydrogen-bond acceptors (Lipinski definition) is 5. The van der Waals surface area contributed by atoms with Gasteiger partial charge in [-0.2, -0.15) is 0 Å². The van der Waals surface area contributed by atoms with E-state index in [1.165, 1.54) is 17.3 Å². The summed E-state index contributed by atoms with van der Waals surface area (Å²) in [4.78, 5) is 12.2. The van der Waals surface area contributed by atoms with Gasteiger partial charge in [-0.25, -0.2) is 0 Å². The van der Waals surface area contributed by atoms with Crippen LogP contribution >= 0.6 is 11.8 Å². The highest BCUT2D eigenvalue weighted by Crippen LogP contribution is 2.17. The molecule has 1 N–H and O–H groups in total. The molecule has 1 aromatic carbocycles. The highest BCUT2D eigenvalue weighted by Gasteiger charge is 2.12. The monoisotopic (exact) mass is 348 g/mol. The second-order valence-electron chi connectivity index (χ2n) is 5.47. The molecule has 1 atom stereocenters. The van der Waals surface area contributed by atoms with Gasteiger partial charge in [0.15, 0.2) is 5.16 Å². The number of thioether (sulfide) groups is 1. The van der Waals surface area contributed by atoms with Crippen LogP contribution in [0.3, 0.4) is 0 Å². The van der Waals surface area contributed by atoms with Crippen molar-refractivity contribution < 1.29 is 9.53 Å². The fourth-order valence-corrected chi connectivity index (χ4v) is 2.99. The van der Waals surface area contributed by atoms with Crippen LogP contribution in [0, 0.1) is 0 Å². The van der Waals surface area contributed by atoms with E-state index in [9.17, 15) is 4.79 Å². The molecular formula is C17H24N4O2S. The minimum absolute atomic E-state index is 0.0182. The minimum Gasteiger partial charge on any atom is -0.383 e. The van der Waals surface area contributed by atoms with Crippen LogP contribution < -0.4 is 5.32 Å². The van der Waals surface area contributed by atoms with Crippen LogP contribution in [0.15, 0.2) is 35.7 Å². The molecule has 0 saturated heterocycles. The predicted octanol–water partition coefficient (Wildman–Crippen LogP) is 2.46. The summed E-state index contributed by atoms with van der Waals surface area (Å²) < 4.78 is 6.93. The van der Waals surface area contributed by atoms with E-state index in [-0.39, 0.29) is 11.9 Å². The molecule has 0 saturated carbocycles. The smallest absolute Gasteiger partial charge is 0.230 e. The number of carbonyl (C=O) groups is 1. The molecule has 0 aliphatic rings. The average molecular weight is 348 g/mol. The van der Waals surface area contributed by atoms with Crippen LogP contribution in [-0.4, -0.2) is 40.1 Å². The van der Waals surface area contributed by atoms with Gasteiger partial charge in [-0.3, -0.25) is 4.79 Å². The van der Waals surface area contributed by atoms with E-state index in [2.05, 4.69) is 46.7 Å². The van der Waals surface area contributed by atoms with Crippen molar-refractivity contribution in [2.24, 2.45) is 0 Å². The zero-order chi connectivity index (χ0) is 17.4. The van der Waals surface area contributed by atoms with Crippen LogP contribution in [-0.2, 0) is 22.5 Å². The lowest BCUT2D eigenvalue weighted by Gasteiger charge is -2.14. The van der Waals surface area contributed by atoms with Crippen LogP contribution in [0.5, 0.6) is 0 Å². The third-order valence-corrected chi connectivity index (χ3v) is 4.70. The Kier molecular flexibility index (Phi) is 7.27. The highest BCUT2D eigenvalue weighted by atomic mass is 32.2. The molecule has 0 radical (unpaired) electrons. The van der Waals surface area contributed by atoms with Gasteiger partial charge < -0.3 is 14.6 Å². The maximum absolute atomic E-state index is 12.2. The summed E-state index contributed by atoms with van der Waals surface area (Å²) in [5.41, 5.74) is 2.40. The molecule has 0 unspecified atom stereocenters. The van der Waals surface area contributed by atoms with Crippen molar-refractivity contribution in [2.45, 2.75) is 38.0 Å². The zero-order valence-corrected chi connectivity index (χ0v) is 15.2. The first kappa shape index (κ1) is 18.5. The summed E-state index contributed by atoms with van der Waals surface area (Å²) in [5.74, 6) is 0.289. The molecule has 0 bridgehead atoms. The lowest BCUT2D eigenvalue weighted by atomic mass is 10.1. The Morgan fingerprint density at radius 3 is 2.79 bits per heavy atom. The van der Waals surface area contributed by atoms with Crippen LogP contribution in [0.25, 0.3) is 0 Å². The van der Waals surface area contributed by atoms with Crippen molar-refractivity contribution in [3.8, 4) is 0 Å². The molecule has 1 amide bonds. The fourth-order valence-electron chi connectivity index (χ4n) is 2.24. The van der Waals surface area contributed by atoms with E-state index in [0.29, 0.717) is 18.9 Å². The lowest BCUT2D eigenvalue weighted by molar-refractivity contribution is -0.119. The third-order valence-electron chi connectivity index (χ3n) is 3.71. The van der Waals surface area contributed by atoms with Gasteiger partial charge in [0.05, 0.1) is 18.4 Å². The summed E-state index contributed by atoms with van der Waals surface area (Å²) in [6.07, 6.45) is 2.67. The fraction of sp³-hybridized carbons (Fsp3) is 0.471. The molecule has 0 aliphatic carbocycles. The molecule has 130 valence electrons. The summed E-state index contributed by atoms with van der Waals surface area (Å²) >= 11 is 1.38. The van der Waals surface area contributed by atoms with Gasteiger partial charge in [-0.15, -0.1) is 10.2 Å². The first-order chi connectivity index (χ1) is 11.6. The number of amides is 1. The number of benzene rings is 1. The van der Waals surface area contributed by atoms with Crippen LogP contribution in [0.2, 0.25) is 0 Å². The largest absolute Gasteiger partial charge is 0.383 e. The molecule has 24 heavy (non-hydrogen) atoms. The lowest BCUT2D eigenvalue weighted by Crippen LogP contribution is -2.28. The number of nitrogens with zero attached hydrogens (tertiary/aromatic N) is 3. The molecule has 2 aromatic rings. The van der Waals surface area contributed by atoms with Crippen molar-refractivity contribution in [2.75, 3.05) is 19.5 Å². The molecule has 7 heteroatoms. The third kappa shape index (κ3) is 5.35. The molecular weight excluding hydrogens is 324 g/mol. The van der Waals surface area contributed by atoms with Crippen molar-refractivity contribution in [1.82, 2.24) is 20.1 Å². The summed E-state index contributed by atoms with van der Waals surface area (Å²) in [5, 5.41) is 11.7. The zero-order valence-electron chi connectivity index (χ0n) is 14.4. The van der Waals surface area contributed by atoms with E-state index in [4.69, 9.17) is 4.74 Å². The van der Waals surface area contributed by atoms with Gasteiger partial charge in [0.1, 0.15) is 6.33 Å². The number of aryl methyl sites for hydroxylation is 1. The molecule has 0 spiro atoms. The first-order valence-corrected chi connectivity index (χ1v) is 9.00. The molecule has 0 aliphatic heterocycles.